The maximum atomic E-state index is 11.4. The molecule has 0 heterocycles. The summed E-state index contributed by atoms with van der Waals surface area (Å²) >= 11 is 0. The van der Waals surface area contributed by atoms with Gasteiger partial charge in [-0.15, -0.1) is 0 Å². The molecule has 0 unspecified atom stereocenters. The summed E-state index contributed by atoms with van der Waals surface area (Å²) in [6.45, 7) is 7.19. The molecule has 0 saturated carbocycles. The zero-order valence-corrected chi connectivity index (χ0v) is 14.7. The van der Waals surface area contributed by atoms with E-state index in [1.54, 1.807) is 6.92 Å². The van der Waals surface area contributed by atoms with Gasteiger partial charge in [0, 0.05) is 0 Å². The Bertz CT molecular complexity index is 629. The largest absolute Gasteiger partial charge is 0.507 e. The minimum absolute atomic E-state index is 0.0696. The van der Waals surface area contributed by atoms with E-state index in [-0.39, 0.29) is 5.75 Å². The van der Waals surface area contributed by atoms with Gasteiger partial charge in [-0.1, -0.05) is 32.9 Å². The maximum absolute atomic E-state index is 11.4. The topological polar surface area (TPSA) is 135 Å². The molecule has 5 N–H and O–H groups in total. The predicted molar refractivity (Wildman–Crippen MR) is 83.1 cm³/mol. The number of benzene rings is 1. The molecule has 0 radical (unpaired) electrons. The van der Waals surface area contributed by atoms with Gasteiger partial charge >= 0.3 is 15.2 Å². The smallest absolute Gasteiger partial charge is 0.341 e. The van der Waals surface area contributed by atoms with E-state index in [2.05, 4.69) is 0 Å². The van der Waals surface area contributed by atoms with E-state index < -0.39 is 32.4 Å². The zero-order chi connectivity index (χ0) is 17.5. The number of aromatic hydroxyl groups is 1. The van der Waals surface area contributed by atoms with Gasteiger partial charge in [0.15, 0.2) is 5.40 Å². The average Bonchev–Trinajstić information content (AvgIpc) is 2.25. The standard InChI is InChI=1S/C13H22O7P2/c1-8-5-9(6-10(12(8)14)13(2,3)4)7-11(21(15,16)17)22(18,19)20/h5-6,11,14H,7H2,1-4H3,(H2,15,16,17)(H2,18,19,20). The first-order chi connectivity index (χ1) is 9.64. The quantitative estimate of drug-likeness (QED) is 0.524. The molecule has 1 aromatic carbocycles. The Kier molecular flexibility index (Phi) is 5.35. The Morgan fingerprint density at radius 1 is 1.05 bits per heavy atom. The van der Waals surface area contributed by atoms with Crippen LogP contribution in [0.3, 0.4) is 0 Å². The molecule has 0 spiro atoms. The van der Waals surface area contributed by atoms with Crippen LogP contribution < -0.4 is 0 Å². The van der Waals surface area contributed by atoms with E-state index in [0.29, 0.717) is 16.7 Å². The van der Waals surface area contributed by atoms with Crippen LogP contribution in [0.5, 0.6) is 5.75 Å². The lowest BCUT2D eigenvalue weighted by Gasteiger charge is -2.24. The number of hydrogen-bond donors (Lipinski definition) is 5. The Labute approximate surface area is 129 Å². The summed E-state index contributed by atoms with van der Waals surface area (Å²) < 4.78 is 22.7. The van der Waals surface area contributed by atoms with Crippen molar-refractivity contribution in [2.24, 2.45) is 0 Å². The van der Waals surface area contributed by atoms with Gasteiger partial charge in [0.05, 0.1) is 0 Å². The fourth-order valence-corrected chi connectivity index (χ4v) is 4.65. The molecular formula is C13H22O7P2. The van der Waals surface area contributed by atoms with Crippen LogP contribution in [0.1, 0.15) is 37.5 Å². The van der Waals surface area contributed by atoms with E-state index in [0.717, 1.165) is 0 Å². The highest BCUT2D eigenvalue weighted by atomic mass is 31.2. The molecule has 22 heavy (non-hydrogen) atoms. The molecule has 0 aliphatic heterocycles. The minimum Gasteiger partial charge on any atom is -0.507 e. The molecule has 0 aliphatic carbocycles. The second-order valence-corrected chi connectivity index (χ2v) is 10.4. The number of phenolic OH excluding ortho intramolecular Hbond substituents is 1. The highest BCUT2D eigenvalue weighted by molar-refractivity contribution is 7.70. The first kappa shape index (κ1) is 19.4. The average molecular weight is 352 g/mol. The van der Waals surface area contributed by atoms with Crippen molar-refractivity contribution in [3.05, 3.63) is 28.8 Å². The molecule has 0 amide bonds. The van der Waals surface area contributed by atoms with Crippen LogP contribution in [-0.2, 0) is 21.0 Å². The van der Waals surface area contributed by atoms with Gasteiger partial charge in [-0.05, 0) is 35.4 Å². The molecule has 0 fully saturated rings. The molecular weight excluding hydrogens is 330 g/mol. The third-order valence-electron chi connectivity index (χ3n) is 3.36. The second kappa shape index (κ2) is 6.08. The van der Waals surface area contributed by atoms with Crippen LogP contribution >= 0.6 is 15.2 Å². The van der Waals surface area contributed by atoms with Crippen LogP contribution in [0.4, 0.5) is 0 Å². The molecule has 7 nitrogen and oxygen atoms in total. The third kappa shape index (κ3) is 4.66. The van der Waals surface area contributed by atoms with Crippen molar-refractivity contribution in [1.82, 2.24) is 0 Å². The molecule has 0 saturated heterocycles. The predicted octanol–water partition coefficient (Wildman–Crippen LogP) is 2.22. The Hall–Kier alpha value is -0.680. The summed E-state index contributed by atoms with van der Waals surface area (Å²) in [5.74, 6) is 0.0696. The number of hydrogen-bond acceptors (Lipinski definition) is 3. The Morgan fingerprint density at radius 3 is 1.86 bits per heavy atom. The van der Waals surface area contributed by atoms with E-state index in [1.165, 1.54) is 12.1 Å². The molecule has 0 bridgehead atoms. The lowest BCUT2D eigenvalue weighted by molar-refractivity contribution is 0.338. The Balaban J connectivity index is 3.37. The second-order valence-electron chi connectivity index (χ2n) is 6.42. The molecule has 0 aliphatic rings. The number of aryl methyl sites for hydroxylation is 1. The monoisotopic (exact) mass is 352 g/mol. The summed E-state index contributed by atoms with van der Waals surface area (Å²) in [6.07, 6.45) is -0.473. The van der Waals surface area contributed by atoms with Crippen LogP contribution in [0.2, 0.25) is 0 Å². The Morgan fingerprint density at radius 2 is 1.50 bits per heavy atom. The van der Waals surface area contributed by atoms with Crippen molar-refractivity contribution in [3.63, 3.8) is 0 Å². The maximum Gasteiger partial charge on any atom is 0.341 e. The highest BCUT2D eigenvalue weighted by Gasteiger charge is 2.43. The molecule has 1 aromatic rings. The summed E-state index contributed by atoms with van der Waals surface area (Å²) in [5, 5.41) is 8.02. The lowest BCUT2D eigenvalue weighted by Crippen LogP contribution is -2.16. The van der Waals surface area contributed by atoms with Crippen LogP contribution in [0.15, 0.2) is 12.1 Å². The highest BCUT2D eigenvalue weighted by Crippen LogP contribution is 2.61. The molecule has 9 heteroatoms. The normalized spacial score (nSPS) is 13.7. The van der Waals surface area contributed by atoms with Crippen LogP contribution in [0, 0.1) is 6.92 Å². The van der Waals surface area contributed by atoms with Gasteiger partial charge in [0.2, 0.25) is 0 Å². The molecule has 0 atom stereocenters. The van der Waals surface area contributed by atoms with Gasteiger partial charge < -0.3 is 24.7 Å². The van der Waals surface area contributed by atoms with Crippen molar-refractivity contribution < 1.29 is 33.8 Å². The number of rotatable bonds is 4. The van der Waals surface area contributed by atoms with Crippen LogP contribution in [-0.4, -0.2) is 30.1 Å². The van der Waals surface area contributed by atoms with E-state index in [1.807, 2.05) is 20.8 Å². The van der Waals surface area contributed by atoms with E-state index in [9.17, 15) is 33.8 Å². The van der Waals surface area contributed by atoms with E-state index in [4.69, 9.17) is 0 Å². The fourth-order valence-electron chi connectivity index (χ4n) is 2.19. The molecule has 126 valence electrons. The first-order valence-corrected chi connectivity index (χ1v) is 9.93. The fraction of sp³-hybridized carbons (Fsp3) is 0.538. The zero-order valence-electron chi connectivity index (χ0n) is 12.9. The van der Waals surface area contributed by atoms with Crippen molar-refractivity contribution in [2.75, 3.05) is 0 Å². The molecule has 0 aromatic heterocycles. The SMILES string of the molecule is Cc1cc(CC(P(=O)(O)O)P(=O)(O)O)cc(C(C)(C)C)c1O. The first-order valence-electron chi connectivity index (χ1n) is 6.57. The van der Waals surface area contributed by atoms with Gasteiger partial charge in [-0.25, -0.2) is 0 Å². The van der Waals surface area contributed by atoms with E-state index >= 15 is 0 Å². The van der Waals surface area contributed by atoms with Crippen LogP contribution in [0.25, 0.3) is 0 Å². The van der Waals surface area contributed by atoms with Crippen molar-refractivity contribution in [1.29, 1.82) is 0 Å². The number of phenols is 1. The summed E-state index contributed by atoms with van der Waals surface area (Å²) in [6, 6.07) is 3.00. The van der Waals surface area contributed by atoms with Crippen molar-refractivity contribution >= 4 is 15.2 Å². The lowest BCUT2D eigenvalue weighted by atomic mass is 9.84. The summed E-state index contributed by atoms with van der Waals surface area (Å²) in [4.78, 5) is 36.8. The summed E-state index contributed by atoms with van der Waals surface area (Å²) in [7, 11) is -9.94. The molecule has 1 rings (SSSR count). The third-order valence-corrected chi connectivity index (χ3v) is 7.09. The van der Waals surface area contributed by atoms with Gasteiger partial charge in [-0.2, -0.15) is 0 Å². The van der Waals surface area contributed by atoms with Crippen molar-refractivity contribution in [2.45, 2.75) is 44.9 Å². The van der Waals surface area contributed by atoms with Gasteiger partial charge in [0.1, 0.15) is 5.75 Å². The van der Waals surface area contributed by atoms with Crippen molar-refractivity contribution in [3.8, 4) is 5.75 Å². The van der Waals surface area contributed by atoms with Gasteiger partial charge in [0.25, 0.3) is 0 Å². The minimum atomic E-state index is -4.97. The summed E-state index contributed by atoms with van der Waals surface area (Å²) in [5.41, 5.74) is 0.970. The van der Waals surface area contributed by atoms with Gasteiger partial charge in [-0.3, -0.25) is 9.13 Å².